The van der Waals surface area contributed by atoms with Crippen LogP contribution in [0.4, 0.5) is 4.39 Å². The molecule has 0 saturated heterocycles. The molecule has 1 unspecified atom stereocenters. The van der Waals surface area contributed by atoms with Crippen LogP contribution in [0.25, 0.3) is 0 Å². The van der Waals surface area contributed by atoms with Gasteiger partial charge in [0.05, 0.1) is 11.4 Å². The topological polar surface area (TPSA) is 37.3 Å². The maximum absolute atomic E-state index is 13.7. The second-order valence-electron chi connectivity index (χ2n) is 4.87. The zero-order chi connectivity index (χ0) is 13.3. The zero-order valence-corrected chi connectivity index (χ0v) is 11.0. The maximum Gasteiger partial charge on any atom is 0.303 e. The van der Waals surface area contributed by atoms with E-state index in [1.54, 1.807) is 12.1 Å². The zero-order valence-electron chi connectivity index (χ0n) is 10.2. The highest BCUT2D eigenvalue weighted by atomic mass is 35.5. The normalized spacial score (nSPS) is 16.6. The van der Waals surface area contributed by atoms with Crippen LogP contribution in [0.3, 0.4) is 0 Å². The summed E-state index contributed by atoms with van der Waals surface area (Å²) in [6.45, 7) is 1.86. The quantitative estimate of drug-likeness (QED) is 0.878. The summed E-state index contributed by atoms with van der Waals surface area (Å²) in [5, 5.41) is 9.06. The van der Waals surface area contributed by atoms with Gasteiger partial charge in [-0.1, -0.05) is 24.6 Å². The first-order chi connectivity index (χ1) is 8.52. The van der Waals surface area contributed by atoms with Crippen molar-refractivity contribution >= 4 is 17.6 Å². The lowest BCUT2D eigenvalue weighted by Gasteiger charge is -2.16. The highest BCUT2D eigenvalue weighted by Crippen LogP contribution is 2.45. The molecule has 18 heavy (non-hydrogen) atoms. The number of carboxylic acid groups (broad SMARTS) is 1. The Kier molecular flexibility index (Phi) is 3.91. The van der Waals surface area contributed by atoms with Crippen LogP contribution in [0, 0.1) is 11.7 Å². The van der Waals surface area contributed by atoms with Gasteiger partial charge in [-0.15, -0.1) is 0 Å². The van der Waals surface area contributed by atoms with Gasteiger partial charge < -0.3 is 5.11 Å². The highest BCUT2D eigenvalue weighted by molar-refractivity contribution is 6.30. The summed E-state index contributed by atoms with van der Waals surface area (Å²) >= 11 is 5.88. The van der Waals surface area contributed by atoms with E-state index in [1.807, 2.05) is 6.92 Å². The SMILES string of the molecule is CCc1cc(C(CC(=O)O)C2CC2)cc(Cl)c1F. The number of aliphatic carboxylic acids is 1. The first-order valence-corrected chi connectivity index (χ1v) is 6.60. The Labute approximate surface area is 111 Å². The molecule has 2 rings (SSSR count). The number of aryl methyl sites for hydroxylation is 1. The van der Waals surface area contributed by atoms with Gasteiger partial charge in [-0.2, -0.15) is 0 Å². The number of rotatable bonds is 5. The minimum atomic E-state index is -0.814. The van der Waals surface area contributed by atoms with Crippen molar-refractivity contribution in [2.24, 2.45) is 5.92 Å². The number of hydrogen-bond donors (Lipinski definition) is 1. The third kappa shape index (κ3) is 2.83. The molecule has 1 saturated carbocycles. The number of halogens is 2. The first kappa shape index (κ1) is 13.3. The summed E-state index contributed by atoms with van der Waals surface area (Å²) in [5.74, 6) is -0.823. The molecule has 1 aliphatic carbocycles. The number of hydrogen-bond acceptors (Lipinski definition) is 1. The Morgan fingerprint density at radius 2 is 2.22 bits per heavy atom. The predicted octanol–water partition coefficient (Wildman–Crippen LogP) is 4.01. The third-order valence-electron chi connectivity index (χ3n) is 3.52. The van der Waals surface area contributed by atoms with Crippen molar-refractivity contribution in [3.63, 3.8) is 0 Å². The largest absolute Gasteiger partial charge is 0.481 e. The standard InChI is InChI=1S/C14H16ClFO2/c1-2-8-5-10(6-12(15)14(8)16)11(7-13(17)18)9-3-4-9/h5-6,9,11H,2-4,7H2,1H3,(H,17,18). The van der Waals surface area contributed by atoms with Crippen LogP contribution < -0.4 is 0 Å². The van der Waals surface area contributed by atoms with Gasteiger partial charge in [-0.3, -0.25) is 4.79 Å². The van der Waals surface area contributed by atoms with Crippen molar-refractivity contribution < 1.29 is 14.3 Å². The van der Waals surface area contributed by atoms with Crippen LogP contribution >= 0.6 is 11.6 Å². The first-order valence-electron chi connectivity index (χ1n) is 6.22. The van der Waals surface area contributed by atoms with Gasteiger partial charge in [-0.25, -0.2) is 4.39 Å². The van der Waals surface area contributed by atoms with E-state index in [-0.39, 0.29) is 23.2 Å². The van der Waals surface area contributed by atoms with Crippen molar-refractivity contribution in [2.45, 2.75) is 38.5 Å². The van der Waals surface area contributed by atoms with Gasteiger partial charge in [0.25, 0.3) is 0 Å². The average Bonchev–Trinajstić information content (AvgIpc) is 3.13. The molecule has 2 nitrogen and oxygen atoms in total. The van der Waals surface area contributed by atoms with Crippen molar-refractivity contribution in [1.82, 2.24) is 0 Å². The molecule has 0 bridgehead atoms. The van der Waals surface area contributed by atoms with E-state index in [2.05, 4.69) is 0 Å². The molecule has 0 heterocycles. The van der Waals surface area contributed by atoms with Gasteiger partial charge >= 0.3 is 5.97 Å². The van der Waals surface area contributed by atoms with Crippen LogP contribution in [0.15, 0.2) is 12.1 Å². The molecule has 0 spiro atoms. The van der Waals surface area contributed by atoms with E-state index in [9.17, 15) is 9.18 Å². The van der Waals surface area contributed by atoms with Crippen LogP contribution in [0.1, 0.15) is 43.2 Å². The Bertz CT molecular complexity index is 469. The van der Waals surface area contributed by atoms with Gasteiger partial charge in [0.2, 0.25) is 0 Å². The smallest absolute Gasteiger partial charge is 0.303 e. The van der Waals surface area contributed by atoms with E-state index in [4.69, 9.17) is 16.7 Å². The summed E-state index contributed by atoms with van der Waals surface area (Å²) in [6.07, 6.45) is 2.75. The van der Waals surface area contributed by atoms with Crippen LogP contribution in [-0.4, -0.2) is 11.1 Å². The second kappa shape index (κ2) is 5.27. The van der Waals surface area contributed by atoms with Crippen molar-refractivity contribution in [3.8, 4) is 0 Å². The van der Waals surface area contributed by atoms with E-state index in [1.165, 1.54) is 0 Å². The lowest BCUT2D eigenvalue weighted by atomic mass is 9.89. The molecule has 1 aliphatic rings. The second-order valence-corrected chi connectivity index (χ2v) is 5.28. The molecular formula is C14H16ClFO2. The van der Waals surface area contributed by atoms with Gasteiger partial charge in [0, 0.05) is 0 Å². The molecule has 1 fully saturated rings. The lowest BCUT2D eigenvalue weighted by Crippen LogP contribution is -2.09. The van der Waals surface area contributed by atoms with Crippen LogP contribution in [0.5, 0.6) is 0 Å². The molecular weight excluding hydrogens is 255 g/mol. The summed E-state index contributed by atoms with van der Waals surface area (Å²) < 4.78 is 13.7. The highest BCUT2D eigenvalue weighted by Gasteiger charge is 2.34. The van der Waals surface area contributed by atoms with E-state index in [0.29, 0.717) is 17.9 Å². The Morgan fingerprint density at radius 1 is 1.56 bits per heavy atom. The molecule has 0 radical (unpaired) electrons. The molecule has 1 aromatic carbocycles. The molecule has 4 heteroatoms. The monoisotopic (exact) mass is 270 g/mol. The average molecular weight is 271 g/mol. The van der Waals surface area contributed by atoms with Gasteiger partial charge in [0.1, 0.15) is 5.82 Å². The number of benzene rings is 1. The summed E-state index contributed by atoms with van der Waals surface area (Å²) in [6, 6.07) is 3.36. The number of carboxylic acids is 1. The molecule has 0 amide bonds. The van der Waals surface area contributed by atoms with Gasteiger partial charge in [0.15, 0.2) is 0 Å². The Balaban J connectivity index is 2.35. The molecule has 98 valence electrons. The number of carbonyl (C=O) groups is 1. The fourth-order valence-electron chi connectivity index (χ4n) is 2.38. The Hall–Kier alpha value is -1.09. The summed E-state index contributed by atoms with van der Waals surface area (Å²) in [7, 11) is 0. The molecule has 0 aromatic heterocycles. The summed E-state index contributed by atoms with van der Waals surface area (Å²) in [4.78, 5) is 10.9. The van der Waals surface area contributed by atoms with E-state index >= 15 is 0 Å². The minimum absolute atomic E-state index is 0.0362. The van der Waals surface area contributed by atoms with Crippen LogP contribution in [-0.2, 0) is 11.2 Å². The van der Waals surface area contributed by atoms with Crippen molar-refractivity contribution in [2.75, 3.05) is 0 Å². The molecule has 1 atom stereocenters. The Morgan fingerprint density at radius 3 is 2.72 bits per heavy atom. The van der Waals surface area contributed by atoms with Crippen molar-refractivity contribution in [3.05, 3.63) is 34.1 Å². The fourth-order valence-corrected chi connectivity index (χ4v) is 2.63. The molecule has 1 aromatic rings. The van der Waals surface area contributed by atoms with Gasteiger partial charge in [-0.05, 0) is 48.3 Å². The van der Waals surface area contributed by atoms with Crippen molar-refractivity contribution in [1.29, 1.82) is 0 Å². The maximum atomic E-state index is 13.7. The van der Waals surface area contributed by atoms with Crippen LogP contribution in [0.2, 0.25) is 5.02 Å². The minimum Gasteiger partial charge on any atom is -0.481 e. The molecule has 1 N–H and O–H groups in total. The fraction of sp³-hybridized carbons (Fsp3) is 0.500. The molecule has 0 aliphatic heterocycles. The predicted molar refractivity (Wildman–Crippen MR) is 68.5 cm³/mol. The third-order valence-corrected chi connectivity index (χ3v) is 3.80. The summed E-state index contributed by atoms with van der Waals surface area (Å²) in [5.41, 5.74) is 1.43. The van der Waals surface area contributed by atoms with E-state index < -0.39 is 5.97 Å². The lowest BCUT2D eigenvalue weighted by molar-refractivity contribution is -0.137. The van der Waals surface area contributed by atoms with E-state index in [0.717, 1.165) is 18.4 Å².